The minimum atomic E-state index is -0.738. The van der Waals surface area contributed by atoms with Crippen LogP contribution in [0.4, 0.5) is 5.69 Å². The van der Waals surface area contributed by atoms with E-state index in [4.69, 9.17) is 5.11 Å². The summed E-state index contributed by atoms with van der Waals surface area (Å²) in [5.41, 5.74) is 9.44. The zero-order chi connectivity index (χ0) is 27.8. The van der Waals surface area contributed by atoms with Crippen molar-refractivity contribution in [3.63, 3.8) is 0 Å². The van der Waals surface area contributed by atoms with E-state index in [0.29, 0.717) is 32.1 Å². The average molecular weight is 517 g/mol. The van der Waals surface area contributed by atoms with E-state index >= 15 is 0 Å². The second kappa shape index (κ2) is 10.6. The van der Waals surface area contributed by atoms with E-state index in [-0.39, 0.29) is 28.8 Å². The maximum absolute atomic E-state index is 12.2. The Morgan fingerprint density at radius 2 is 1.42 bits per heavy atom. The fraction of sp³-hybridized carbons (Fsp3) is 0.515. The van der Waals surface area contributed by atoms with E-state index in [1.165, 1.54) is 44.8 Å². The van der Waals surface area contributed by atoms with Gasteiger partial charge in [-0.15, -0.1) is 0 Å². The van der Waals surface area contributed by atoms with Crippen molar-refractivity contribution in [2.75, 3.05) is 6.54 Å². The van der Waals surface area contributed by atoms with Gasteiger partial charge in [0.05, 0.1) is 5.41 Å². The van der Waals surface area contributed by atoms with Crippen molar-refractivity contribution in [3.05, 3.63) is 52.6 Å². The minimum absolute atomic E-state index is 0.125. The molecule has 0 atom stereocenters. The third kappa shape index (κ3) is 5.00. The molecule has 1 heterocycles. The normalized spacial score (nSPS) is 16.3. The number of carboxylic acid groups (broad SMARTS) is 1. The molecule has 1 aliphatic carbocycles. The minimum Gasteiger partial charge on any atom is -0.481 e. The number of unbranched alkanes of at least 4 members (excludes halogenated alkanes) is 2. The predicted octanol–water partition coefficient (Wildman–Crippen LogP) is 7.04. The fourth-order valence-electron chi connectivity index (χ4n) is 6.53. The van der Waals surface area contributed by atoms with Gasteiger partial charge in [0.25, 0.3) is 0 Å². The molecular weight excluding hydrogens is 474 g/mol. The lowest BCUT2D eigenvalue weighted by Gasteiger charge is -2.32. The molecule has 5 heteroatoms. The molecule has 0 bridgehead atoms. The monoisotopic (exact) mass is 516 g/mol. The molecule has 0 aromatic heterocycles. The van der Waals surface area contributed by atoms with E-state index in [2.05, 4.69) is 62.6 Å². The zero-order valence-corrected chi connectivity index (χ0v) is 23.9. The fourth-order valence-corrected chi connectivity index (χ4v) is 6.53. The van der Waals surface area contributed by atoms with Crippen LogP contribution in [0.2, 0.25) is 0 Å². The van der Waals surface area contributed by atoms with Crippen LogP contribution in [0, 0.1) is 6.92 Å². The molecule has 0 fully saturated rings. The van der Waals surface area contributed by atoms with Gasteiger partial charge < -0.3 is 14.7 Å². The number of aliphatic carboxylic acids is 1. The molecule has 0 spiro atoms. The van der Waals surface area contributed by atoms with Crippen molar-refractivity contribution in [3.8, 4) is 11.1 Å². The third-order valence-corrected chi connectivity index (χ3v) is 8.99. The average Bonchev–Trinajstić information content (AvgIpc) is 3.20. The van der Waals surface area contributed by atoms with Gasteiger partial charge in [0.1, 0.15) is 18.1 Å². The number of Topliss-reactive ketones (excluding diaryl/α,β-unsaturated/α-hetero) is 2. The number of nitrogens with zero attached hydrogens (tertiary/aromatic N) is 1. The lowest BCUT2D eigenvalue weighted by molar-refractivity contribution is -0.439. The Balaban J connectivity index is 1.84. The molecule has 2 aromatic rings. The molecule has 0 unspecified atom stereocenters. The lowest BCUT2D eigenvalue weighted by atomic mass is 9.70. The highest BCUT2D eigenvalue weighted by Crippen LogP contribution is 2.57. The largest absolute Gasteiger partial charge is 0.481 e. The molecule has 2 aliphatic rings. The number of ketones is 2. The van der Waals surface area contributed by atoms with Crippen LogP contribution in [0.5, 0.6) is 0 Å². The van der Waals surface area contributed by atoms with Crippen LogP contribution in [-0.2, 0) is 25.2 Å². The highest BCUT2D eigenvalue weighted by atomic mass is 16.4. The van der Waals surface area contributed by atoms with Crippen molar-refractivity contribution in [1.29, 1.82) is 0 Å². The number of benzene rings is 2. The molecule has 0 saturated carbocycles. The molecule has 0 radical (unpaired) electrons. The van der Waals surface area contributed by atoms with Gasteiger partial charge in [0.2, 0.25) is 5.69 Å². The number of carboxylic acids is 1. The number of hydrogen-bond donors (Lipinski definition) is 1. The number of carbonyl (C=O) groups is 3. The maximum atomic E-state index is 12.2. The van der Waals surface area contributed by atoms with E-state index in [9.17, 15) is 14.4 Å². The standard InChI is InChI=1S/C33H41NO4/c1-21-11-12-25-26-19-29-30(34(24(4)32(29,5)6)17-9-7-8-10-31(37)38)20-28(26)33(27(25)18-21,15-13-22(2)35)16-14-23(3)36/h11-12,18-20H,7-10,13-17H2,1-6H3/p+1. The summed E-state index contributed by atoms with van der Waals surface area (Å²) in [5, 5.41) is 8.99. The molecule has 4 rings (SSSR count). The van der Waals surface area contributed by atoms with E-state index < -0.39 is 5.97 Å². The first kappa shape index (κ1) is 27.9. The summed E-state index contributed by atoms with van der Waals surface area (Å²) in [6, 6.07) is 11.4. The highest BCUT2D eigenvalue weighted by Gasteiger charge is 2.49. The van der Waals surface area contributed by atoms with E-state index in [0.717, 1.165) is 19.4 Å². The first-order valence-electron chi connectivity index (χ1n) is 14.0. The molecule has 1 aliphatic heterocycles. The van der Waals surface area contributed by atoms with Gasteiger partial charge in [-0.1, -0.05) is 23.8 Å². The van der Waals surface area contributed by atoms with Crippen molar-refractivity contribution in [2.24, 2.45) is 0 Å². The highest BCUT2D eigenvalue weighted by molar-refractivity contribution is 5.95. The molecular formula is C33H42NO4+. The van der Waals surface area contributed by atoms with Gasteiger partial charge in [-0.05, 0) is 88.6 Å². The van der Waals surface area contributed by atoms with E-state index in [1.54, 1.807) is 13.8 Å². The van der Waals surface area contributed by atoms with Crippen molar-refractivity contribution >= 4 is 28.9 Å². The second-order valence-corrected chi connectivity index (χ2v) is 12.0. The summed E-state index contributed by atoms with van der Waals surface area (Å²) < 4.78 is 2.42. The van der Waals surface area contributed by atoms with Crippen LogP contribution < -0.4 is 0 Å². The number of hydrogen-bond acceptors (Lipinski definition) is 3. The van der Waals surface area contributed by atoms with Crippen molar-refractivity contribution in [2.45, 2.75) is 104 Å². The number of rotatable bonds is 12. The SMILES string of the molecule is CC(=O)CCC1(CCC(C)=O)c2cc(C)ccc2-c2cc3c(cc21)[N+](CCCCCC(=O)O)=C(C)C3(C)C. The van der Waals surface area contributed by atoms with Gasteiger partial charge >= 0.3 is 5.97 Å². The Labute approximate surface area is 227 Å². The second-order valence-electron chi connectivity index (χ2n) is 12.0. The summed E-state index contributed by atoms with van der Waals surface area (Å²) in [6.07, 6.45) is 5.05. The molecule has 38 heavy (non-hydrogen) atoms. The summed E-state index contributed by atoms with van der Waals surface area (Å²) in [7, 11) is 0. The summed E-state index contributed by atoms with van der Waals surface area (Å²) in [5.74, 6) is -0.396. The molecule has 0 saturated heterocycles. The molecule has 5 nitrogen and oxygen atoms in total. The van der Waals surface area contributed by atoms with Gasteiger partial charge in [-0.25, -0.2) is 0 Å². The quantitative estimate of drug-likeness (QED) is 0.242. The van der Waals surface area contributed by atoms with Gasteiger partial charge in [-0.2, -0.15) is 4.58 Å². The Morgan fingerprint density at radius 1 is 0.789 bits per heavy atom. The van der Waals surface area contributed by atoms with Crippen LogP contribution in [-0.4, -0.2) is 39.5 Å². The molecule has 0 amide bonds. The van der Waals surface area contributed by atoms with Crippen molar-refractivity contribution < 1.29 is 24.1 Å². The summed E-state index contributed by atoms with van der Waals surface area (Å²) in [4.78, 5) is 35.4. The van der Waals surface area contributed by atoms with Crippen LogP contribution in [0.3, 0.4) is 0 Å². The van der Waals surface area contributed by atoms with Crippen LogP contribution in [0.1, 0.15) is 108 Å². The first-order chi connectivity index (χ1) is 17.9. The Morgan fingerprint density at radius 3 is 2.03 bits per heavy atom. The maximum Gasteiger partial charge on any atom is 0.303 e. The van der Waals surface area contributed by atoms with Crippen LogP contribution >= 0.6 is 0 Å². The summed E-state index contributed by atoms with van der Waals surface area (Å²) in [6.45, 7) is 13.0. The van der Waals surface area contributed by atoms with Gasteiger partial charge in [-0.3, -0.25) is 4.79 Å². The Bertz CT molecular complexity index is 1310. The Hall–Kier alpha value is -3.08. The van der Waals surface area contributed by atoms with Gasteiger partial charge in [0.15, 0.2) is 5.71 Å². The number of aryl methyl sites for hydroxylation is 1. The van der Waals surface area contributed by atoms with E-state index in [1.807, 2.05) is 0 Å². The van der Waals surface area contributed by atoms with Crippen LogP contribution in [0.15, 0.2) is 30.3 Å². The number of carbonyl (C=O) groups excluding carboxylic acids is 2. The third-order valence-electron chi connectivity index (χ3n) is 8.99. The predicted molar refractivity (Wildman–Crippen MR) is 152 cm³/mol. The molecule has 202 valence electrons. The zero-order valence-electron chi connectivity index (χ0n) is 23.9. The molecule has 2 aromatic carbocycles. The Kier molecular flexibility index (Phi) is 7.79. The first-order valence-corrected chi connectivity index (χ1v) is 14.0. The lowest BCUT2D eigenvalue weighted by Crippen LogP contribution is -2.27. The summed E-state index contributed by atoms with van der Waals surface area (Å²) >= 11 is 0. The van der Waals surface area contributed by atoms with Gasteiger partial charge in [0, 0.05) is 49.7 Å². The van der Waals surface area contributed by atoms with Crippen LogP contribution in [0.25, 0.3) is 11.1 Å². The topological polar surface area (TPSA) is 74.5 Å². The molecule has 1 N–H and O–H groups in total. The number of fused-ring (bicyclic) bond motifs is 4. The smallest absolute Gasteiger partial charge is 0.303 e. The van der Waals surface area contributed by atoms with Crippen molar-refractivity contribution in [1.82, 2.24) is 0 Å².